The van der Waals surface area contributed by atoms with E-state index in [2.05, 4.69) is 10.1 Å². The van der Waals surface area contributed by atoms with Gasteiger partial charge in [-0.05, 0) is 24.1 Å². The molecule has 0 unspecified atom stereocenters. The molecule has 0 saturated carbocycles. The molecule has 2 atom stereocenters. The third kappa shape index (κ3) is 3.98. The number of aliphatic hydroxyl groups is 1. The molecule has 1 aromatic heterocycles. The number of carbonyl (C=O) groups is 1. The predicted molar refractivity (Wildman–Crippen MR) is 81.2 cm³/mol. The minimum atomic E-state index is -4.45. The highest BCUT2D eigenvalue weighted by molar-refractivity contribution is 5.77. The average molecular weight is 354 g/mol. The van der Waals surface area contributed by atoms with Gasteiger partial charge in [-0.1, -0.05) is 12.1 Å². The summed E-state index contributed by atoms with van der Waals surface area (Å²) in [6.07, 6.45) is -2.02. The van der Waals surface area contributed by atoms with Crippen LogP contribution in [-0.2, 0) is 17.5 Å². The van der Waals surface area contributed by atoms with Crippen molar-refractivity contribution in [2.75, 3.05) is 6.54 Å². The highest BCUT2D eigenvalue weighted by Gasteiger charge is 2.37. The van der Waals surface area contributed by atoms with Crippen LogP contribution < -0.4 is 0 Å². The first kappa shape index (κ1) is 17.4. The maximum Gasteiger partial charge on any atom is 0.416 e. The monoisotopic (exact) mass is 354 g/mol. The van der Waals surface area contributed by atoms with Gasteiger partial charge in [-0.15, -0.1) is 0 Å². The van der Waals surface area contributed by atoms with Crippen LogP contribution in [0.2, 0.25) is 0 Å². The molecular formula is C16H17F3N4O2. The number of nitrogens with zero attached hydrogens (tertiary/aromatic N) is 4. The number of aromatic nitrogens is 3. The molecule has 0 aliphatic carbocycles. The van der Waals surface area contributed by atoms with Crippen molar-refractivity contribution >= 4 is 5.91 Å². The van der Waals surface area contributed by atoms with Crippen LogP contribution in [0, 0.1) is 0 Å². The van der Waals surface area contributed by atoms with E-state index in [-0.39, 0.29) is 25.3 Å². The van der Waals surface area contributed by atoms with E-state index < -0.39 is 23.9 Å². The van der Waals surface area contributed by atoms with Crippen molar-refractivity contribution in [2.24, 2.45) is 0 Å². The van der Waals surface area contributed by atoms with Crippen molar-refractivity contribution in [3.63, 3.8) is 0 Å². The molecular weight excluding hydrogens is 337 g/mol. The molecule has 1 aliphatic heterocycles. The summed E-state index contributed by atoms with van der Waals surface area (Å²) in [5.74, 6) is -0.241. The van der Waals surface area contributed by atoms with Gasteiger partial charge in [0.2, 0.25) is 5.91 Å². The van der Waals surface area contributed by atoms with E-state index in [4.69, 9.17) is 0 Å². The van der Waals surface area contributed by atoms with Crippen LogP contribution in [0.25, 0.3) is 0 Å². The van der Waals surface area contributed by atoms with Crippen LogP contribution in [0.3, 0.4) is 0 Å². The Morgan fingerprint density at radius 3 is 2.84 bits per heavy atom. The molecule has 1 fully saturated rings. The molecule has 1 aromatic carbocycles. The van der Waals surface area contributed by atoms with Gasteiger partial charge in [-0.3, -0.25) is 9.48 Å². The van der Waals surface area contributed by atoms with Gasteiger partial charge in [0.05, 0.1) is 24.3 Å². The Hall–Kier alpha value is -2.42. The second-order valence-corrected chi connectivity index (χ2v) is 5.98. The van der Waals surface area contributed by atoms with Crippen molar-refractivity contribution in [2.45, 2.75) is 37.7 Å². The predicted octanol–water partition coefficient (Wildman–Crippen LogP) is 2.02. The largest absolute Gasteiger partial charge is 0.416 e. The zero-order valence-corrected chi connectivity index (χ0v) is 13.2. The first-order valence-corrected chi connectivity index (χ1v) is 7.81. The maximum absolute atomic E-state index is 12.9. The molecule has 0 bridgehead atoms. The molecule has 134 valence electrons. The fraction of sp³-hybridized carbons (Fsp3) is 0.438. The lowest BCUT2D eigenvalue weighted by atomic mass is 10.0. The highest BCUT2D eigenvalue weighted by Crippen LogP contribution is 2.36. The maximum atomic E-state index is 12.9. The number of benzene rings is 1. The Labute approximate surface area is 141 Å². The summed E-state index contributed by atoms with van der Waals surface area (Å²) in [6.45, 7) is 0.428. The quantitative estimate of drug-likeness (QED) is 0.912. The lowest BCUT2D eigenvalue weighted by molar-refractivity contribution is -0.137. The van der Waals surface area contributed by atoms with Gasteiger partial charge in [0.15, 0.2) is 0 Å². The molecule has 0 spiro atoms. The van der Waals surface area contributed by atoms with Gasteiger partial charge >= 0.3 is 6.18 Å². The summed E-state index contributed by atoms with van der Waals surface area (Å²) in [6, 6.07) is 4.34. The fourth-order valence-corrected chi connectivity index (χ4v) is 3.03. The molecule has 3 rings (SSSR count). The fourth-order valence-electron chi connectivity index (χ4n) is 3.03. The van der Waals surface area contributed by atoms with Crippen LogP contribution in [0.15, 0.2) is 36.9 Å². The van der Waals surface area contributed by atoms with Crippen LogP contribution in [0.4, 0.5) is 13.2 Å². The van der Waals surface area contributed by atoms with Gasteiger partial charge < -0.3 is 10.0 Å². The molecule has 2 aromatic rings. The number of amides is 1. The molecule has 1 aliphatic rings. The van der Waals surface area contributed by atoms with Crippen LogP contribution in [0.5, 0.6) is 0 Å². The summed E-state index contributed by atoms with van der Waals surface area (Å²) < 4.78 is 40.3. The van der Waals surface area contributed by atoms with Crippen molar-refractivity contribution in [3.8, 4) is 0 Å². The summed E-state index contributed by atoms with van der Waals surface area (Å²) in [4.78, 5) is 17.7. The number of halogens is 3. The summed E-state index contributed by atoms with van der Waals surface area (Å²) >= 11 is 0. The standard InChI is InChI=1S/C16H17F3N4O2/c17-16(18,19)12-3-1-2-11(6-12)14-7-13(24)8-23(14)15(25)4-5-22-10-20-9-21-22/h1-3,6,9-10,13-14,24H,4-5,7-8H2/t13-,14+/m1/s1. The van der Waals surface area contributed by atoms with Gasteiger partial charge in [-0.2, -0.15) is 18.3 Å². The van der Waals surface area contributed by atoms with Crippen molar-refractivity contribution in [1.29, 1.82) is 0 Å². The third-order valence-electron chi connectivity index (χ3n) is 4.22. The molecule has 1 N–H and O–H groups in total. The van der Waals surface area contributed by atoms with E-state index in [1.54, 1.807) is 6.07 Å². The number of hydrogen-bond donors (Lipinski definition) is 1. The Kier molecular flexibility index (Phi) is 4.76. The van der Waals surface area contributed by atoms with E-state index in [1.165, 1.54) is 28.3 Å². The molecule has 1 saturated heterocycles. The Morgan fingerprint density at radius 2 is 2.16 bits per heavy atom. The third-order valence-corrected chi connectivity index (χ3v) is 4.22. The van der Waals surface area contributed by atoms with Crippen LogP contribution in [-0.4, -0.2) is 43.3 Å². The first-order valence-electron chi connectivity index (χ1n) is 7.81. The zero-order valence-electron chi connectivity index (χ0n) is 13.2. The molecule has 25 heavy (non-hydrogen) atoms. The minimum Gasteiger partial charge on any atom is -0.391 e. The van der Waals surface area contributed by atoms with Gasteiger partial charge in [0, 0.05) is 13.0 Å². The number of likely N-dealkylation sites (tertiary alicyclic amines) is 1. The Morgan fingerprint density at radius 1 is 1.36 bits per heavy atom. The summed E-state index contributed by atoms with van der Waals surface area (Å²) in [5, 5.41) is 13.8. The lowest BCUT2D eigenvalue weighted by Crippen LogP contribution is -2.32. The normalized spacial score (nSPS) is 20.9. The van der Waals surface area contributed by atoms with E-state index in [1.807, 2.05) is 0 Å². The number of rotatable bonds is 4. The number of aliphatic hydroxyl groups excluding tert-OH is 1. The first-order chi connectivity index (χ1) is 11.8. The minimum absolute atomic E-state index is 0.108. The van der Waals surface area contributed by atoms with E-state index in [9.17, 15) is 23.1 Å². The van der Waals surface area contributed by atoms with Gasteiger partial charge in [-0.25, -0.2) is 4.98 Å². The van der Waals surface area contributed by atoms with Crippen LogP contribution >= 0.6 is 0 Å². The number of carbonyl (C=O) groups excluding carboxylic acids is 1. The smallest absolute Gasteiger partial charge is 0.391 e. The summed E-state index contributed by atoms with van der Waals surface area (Å²) in [7, 11) is 0. The van der Waals surface area contributed by atoms with Crippen molar-refractivity contribution in [3.05, 3.63) is 48.0 Å². The summed E-state index contributed by atoms with van der Waals surface area (Å²) in [5.41, 5.74) is -0.387. The molecule has 1 amide bonds. The Balaban J connectivity index is 1.76. The molecule has 0 radical (unpaired) electrons. The second kappa shape index (κ2) is 6.83. The van der Waals surface area contributed by atoms with Crippen molar-refractivity contribution in [1.82, 2.24) is 19.7 Å². The molecule has 9 heteroatoms. The van der Waals surface area contributed by atoms with Gasteiger partial charge in [0.25, 0.3) is 0 Å². The number of aryl methyl sites for hydroxylation is 1. The lowest BCUT2D eigenvalue weighted by Gasteiger charge is -2.25. The molecule has 2 heterocycles. The van der Waals surface area contributed by atoms with E-state index in [0.29, 0.717) is 12.1 Å². The van der Waals surface area contributed by atoms with Gasteiger partial charge in [0.1, 0.15) is 12.7 Å². The number of hydrogen-bond acceptors (Lipinski definition) is 4. The number of alkyl halides is 3. The molecule has 6 nitrogen and oxygen atoms in total. The van der Waals surface area contributed by atoms with Crippen molar-refractivity contribution < 1.29 is 23.1 Å². The number of β-amino-alcohol motifs (C(OH)–C–C–N with tert-alkyl or cyclic N) is 1. The Bertz CT molecular complexity index is 733. The second-order valence-electron chi connectivity index (χ2n) is 5.98. The SMILES string of the molecule is O=C(CCn1cncn1)N1C[C@H](O)C[C@H]1c1cccc(C(F)(F)F)c1. The van der Waals surface area contributed by atoms with Crippen LogP contribution in [0.1, 0.15) is 30.0 Å². The highest BCUT2D eigenvalue weighted by atomic mass is 19.4. The van der Waals surface area contributed by atoms with E-state index in [0.717, 1.165) is 12.1 Å². The van der Waals surface area contributed by atoms with E-state index >= 15 is 0 Å². The zero-order chi connectivity index (χ0) is 18.0. The topological polar surface area (TPSA) is 71.2 Å². The average Bonchev–Trinajstić information content (AvgIpc) is 3.21.